The van der Waals surface area contributed by atoms with Crippen molar-refractivity contribution in [2.75, 3.05) is 18.4 Å². The summed E-state index contributed by atoms with van der Waals surface area (Å²) < 4.78 is 0. The minimum absolute atomic E-state index is 0.0951. The van der Waals surface area contributed by atoms with Gasteiger partial charge in [-0.15, -0.1) is 0 Å². The lowest BCUT2D eigenvalue weighted by Crippen LogP contribution is -2.36. The molecule has 0 aromatic heterocycles. The van der Waals surface area contributed by atoms with Crippen LogP contribution in [0.5, 0.6) is 0 Å². The van der Waals surface area contributed by atoms with Gasteiger partial charge in [0.05, 0.1) is 11.3 Å². The summed E-state index contributed by atoms with van der Waals surface area (Å²) in [7, 11) is 0. The molecule has 29 heavy (non-hydrogen) atoms. The maximum Gasteiger partial charge on any atom is 0.255 e. The summed E-state index contributed by atoms with van der Waals surface area (Å²) >= 11 is 6.11. The second kappa shape index (κ2) is 9.56. The van der Waals surface area contributed by atoms with Crippen molar-refractivity contribution in [3.05, 3.63) is 64.2 Å². The first kappa shape index (κ1) is 20.9. The number of amides is 3. The maximum atomic E-state index is 12.9. The van der Waals surface area contributed by atoms with Crippen LogP contribution in [0.25, 0.3) is 0 Å². The van der Waals surface area contributed by atoms with Crippen molar-refractivity contribution in [1.82, 2.24) is 10.2 Å². The summed E-state index contributed by atoms with van der Waals surface area (Å²) in [6, 6.07) is 11.8. The molecule has 1 aliphatic heterocycles. The van der Waals surface area contributed by atoms with E-state index in [1.165, 1.54) is 6.92 Å². The summed E-state index contributed by atoms with van der Waals surface area (Å²) in [5.41, 5.74) is 2.18. The molecule has 0 saturated carbocycles. The molecule has 2 aromatic carbocycles. The van der Waals surface area contributed by atoms with E-state index in [9.17, 15) is 14.4 Å². The van der Waals surface area contributed by atoms with Gasteiger partial charge < -0.3 is 15.5 Å². The summed E-state index contributed by atoms with van der Waals surface area (Å²) in [6.07, 6.45) is 3.11. The standard InChI is InChI=1S/C22H24ClN3O3/c1-15(27)24-14-16-5-7-17(8-6-16)21(28)25-20-13-18(23)9-10-19(20)22(29)26-11-3-2-4-12-26/h5-10,13H,2-4,11-12,14H2,1H3,(H,24,27)(H,25,28). The van der Waals surface area contributed by atoms with Crippen LogP contribution in [-0.4, -0.2) is 35.7 Å². The van der Waals surface area contributed by atoms with Gasteiger partial charge in [-0.2, -0.15) is 0 Å². The highest BCUT2D eigenvalue weighted by Gasteiger charge is 2.22. The van der Waals surface area contributed by atoms with Gasteiger partial charge in [0.25, 0.3) is 11.8 Å². The average molecular weight is 414 g/mol. The van der Waals surface area contributed by atoms with Crippen molar-refractivity contribution in [1.29, 1.82) is 0 Å². The molecule has 1 saturated heterocycles. The molecule has 0 bridgehead atoms. The molecule has 7 heteroatoms. The van der Waals surface area contributed by atoms with Crippen molar-refractivity contribution in [2.45, 2.75) is 32.7 Å². The highest BCUT2D eigenvalue weighted by Crippen LogP contribution is 2.24. The Balaban J connectivity index is 1.75. The molecule has 6 nitrogen and oxygen atoms in total. The Morgan fingerprint density at radius 1 is 1.00 bits per heavy atom. The molecule has 0 atom stereocenters. The molecule has 0 radical (unpaired) electrons. The van der Waals surface area contributed by atoms with Crippen LogP contribution in [0, 0.1) is 0 Å². The van der Waals surface area contributed by atoms with Crippen LogP contribution in [-0.2, 0) is 11.3 Å². The Hall–Kier alpha value is -2.86. The van der Waals surface area contributed by atoms with Crippen LogP contribution < -0.4 is 10.6 Å². The van der Waals surface area contributed by atoms with Crippen molar-refractivity contribution < 1.29 is 14.4 Å². The van der Waals surface area contributed by atoms with E-state index in [0.717, 1.165) is 37.9 Å². The van der Waals surface area contributed by atoms with Crippen molar-refractivity contribution >= 4 is 35.0 Å². The number of piperidine rings is 1. The second-order valence-electron chi connectivity index (χ2n) is 7.10. The largest absolute Gasteiger partial charge is 0.352 e. The molecule has 3 amide bonds. The van der Waals surface area contributed by atoms with E-state index < -0.39 is 0 Å². The Morgan fingerprint density at radius 2 is 1.69 bits per heavy atom. The van der Waals surface area contributed by atoms with Gasteiger partial charge in [0.15, 0.2) is 0 Å². The van der Waals surface area contributed by atoms with Gasteiger partial charge in [-0.3, -0.25) is 14.4 Å². The van der Waals surface area contributed by atoms with Gasteiger partial charge in [-0.05, 0) is 55.2 Å². The third-order valence-corrected chi connectivity index (χ3v) is 5.10. The number of rotatable bonds is 5. The predicted molar refractivity (Wildman–Crippen MR) is 113 cm³/mol. The third-order valence-electron chi connectivity index (χ3n) is 4.86. The molecule has 0 aliphatic carbocycles. The van der Waals surface area contributed by atoms with Gasteiger partial charge in [0.2, 0.25) is 5.91 Å². The van der Waals surface area contributed by atoms with Gasteiger partial charge in [0, 0.05) is 37.1 Å². The smallest absolute Gasteiger partial charge is 0.255 e. The zero-order valence-corrected chi connectivity index (χ0v) is 17.1. The van der Waals surface area contributed by atoms with Crippen LogP contribution in [0.2, 0.25) is 5.02 Å². The van der Waals surface area contributed by atoms with Gasteiger partial charge >= 0.3 is 0 Å². The molecule has 1 heterocycles. The number of carbonyl (C=O) groups excluding carboxylic acids is 3. The van der Waals surface area contributed by atoms with Crippen molar-refractivity contribution in [3.63, 3.8) is 0 Å². The van der Waals surface area contributed by atoms with Crippen molar-refractivity contribution in [3.8, 4) is 0 Å². The molecular weight excluding hydrogens is 390 g/mol. The Kier molecular flexibility index (Phi) is 6.88. The van der Waals surface area contributed by atoms with Crippen molar-refractivity contribution in [2.24, 2.45) is 0 Å². The zero-order chi connectivity index (χ0) is 20.8. The van der Waals surface area contributed by atoms with E-state index in [1.807, 2.05) is 4.90 Å². The molecule has 2 N–H and O–H groups in total. The third kappa shape index (κ3) is 5.57. The fraction of sp³-hybridized carbons (Fsp3) is 0.318. The summed E-state index contributed by atoms with van der Waals surface area (Å²) in [5, 5.41) is 5.97. The van der Waals surface area contributed by atoms with Crippen LogP contribution in [0.15, 0.2) is 42.5 Å². The fourth-order valence-electron chi connectivity index (χ4n) is 3.27. The first-order chi connectivity index (χ1) is 13.9. The molecule has 0 spiro atoms. The molecule has 3 rings (SSSR count). The number of benzene rings is 2. The molecule has 1 fully saturated rings. The van der Waals surface area contributed by atoms with E-state index >= 15 is 0 Å². The summed E-state index contributed by atoms with van der Waals surface area (Å²) in [6.45, 7) is 3.31. The molecule has 152 valence electrons. The van der Waals surface area contributed by atoms with E-state index in [2.05, 4.69) is 10.6 Å². The van der Waals surface area contributed by atoms with E-state index in [0.29, 0.717) is 28.4 Å². The lowest BCUT2D eigenvalue weighted by Gasteiger charge is -2.27. The maximum absolute atomic E-state index is 12.9. The lowest BCUT2D eigenvalue weighted by atomic mass is 10.1. The number of likely N-dealkylation sites (tertiary alicyclic amines) is 1. The van der Waals surface area contributed by atoms with Gasteiger partial charge in [-0.1, -0.05) is 23.7 Å². The van der Waals surface area contributed by atoms with Crippen LogP contribution >= 0.6 is 11.6 Å². The monoisotopic (exact) mass is 413 g/mol. The first-order valence-corrected chi connectivity index (χ1v) is 10.1. The molecule has 2 aromatic rings. The number of carbonyl (C=O) groups is 3. The molecular formula is C22H24ClN3O3. The van der Waals surface area contributed by atoms with Gasteiger partial charge in [0.1, 0.15) is 0 Å². The Labute approximate surface area is 175 Å². The van der Waals surface area contributed by atoms with E-state index in [-0.39, 0.29) is 17.7 Å². The Morgan fingerprint density at radius 3 is 2.34 bits per heavy atom. The van der Waals surface area contributed by atoms with Crippen LogP contribution in [0.3, 0.4) is 0 Å². The topological polar surface area (TPSA) is 78.5 Å². The fourth-order valence-corrected chi connectivity index (χ4v) is 3.44. The highest BCUT2D eigenvalue weighted by atomic mass is 35.5. The lowest BCUT2D eigenvalue weighted by molar-refractivity contribution is -0.119. The van der Waals surface area contributed by atoms with Gasteiger partial charge in [-0.25, -0.2) is 0 Å². The minimum Gasteiger partial charge on any atom is -0.352 e. The molecule has 1 aliphatic rings. The predicted octanol–water partition coefficient (Wildman–Crippen LogP) is 3.85. The average Bonchev–Trinajstić information content (AvgIpc) is 2.73. The minimum atomic E-state index is -0.328. The van der Waals surface area contributed by atoms with Crippen LogP contribution in [0.4, 0.5) is 5.69 Å². The first-order valence-electron chi connectivity index (χ1n) is 9.67. The summed E-state index contributed by atoms with van der Waals surface area (Å²) in [4.78, 5) is 38.4. The summed E-state index contributed by atoms with van der Waals surface area (Å²) in [5.74, 6) is -0.535. The number of nitrogens with zero attached hydrogens (tertiary/aromatic N) is 1. The number of halogens is 1. The SMILES string of the molecule is CC(=O)NCc1ccc(C(=O)Nc2cc(Cl)ccc2C(=O)N2CCCCC2)cc1. The van der Waals surface area contributed by atoms with E-state index in [1.54, 1.807) is 42.5 Å². The Bertz CT molecular complexity index is 906. The molecule has 0 unspecified atom stereocenters. The highest BCUT2D eigenvalue weighted by molar-refractivity contribution is 6.31. The normalized spacial score (nSPS) is 13.7. The quantitative estimate of drug-likeness (QED) is 0.781. The number of hydrogen-bond acceptors (Lipinski definition) is 3. The van der Waals surface area contributed by atoms with E-state index in [4.69, 9.17) is 11.6 Å². The number of anilines is 1. The number of hydrogen-bond donors (Lipinski definition) is 2. The zero-order valence-electron chi connectivity index (χ0n) is 16.3. The second-order valence-corrected chi connectivity index (χ2v) is 7.54. The van der Waals surface area contributed by atoms with Crippen LogP contribution in [0.1, 0.15) is 52.5 Å². The number of nitrogens with one attached hydrogen (secondary N) is 2.